The highest BCUT2D eigenvalue weighted by Gasteiger charge is 2.18. The fourth-order valence-electron chi connectivity index (χ4n) is 2.46. The summed E-state index contributed by atoms with van der Waals surface area (Å²) in [5, 5.41) is 7.53. The molecule has 1 aliphatic heterocycles. The zero-order valence-corrected chi connectivity index (χ0v) is 12.4. The van der Waals surface area contributed by atoms with Gasteiger partial charge in [0.15, 0.2) is 0 Å². The summed E-state index contributed by atoms with van der Waals surface area (Å²) < 4.78 is 5.35. The Labute approximate surface area is 123 Å². The first kappa shape index (κ1) is 13.6. The number of hydrogen-bond acceptors (Lipinski definition) is 5. The summed E-state index contributed by atoms with van der Waals surface area (Å²) in [5.74, 6) is 2.50. The summed E-state index contributed by atoms with van der Waals surface area (Å²) in [7, 11) is 0. The number of aromatic nitrogens is 2. The van der Waals surface area contributed by atoms with E-state index in [0.717, 1.165) is 30.2 Å². The SMILES string of the molecule is CCSc1ccc(-c2noc(CC3CCCN3)n2)cc1. The van der Waals surface area contributed by atoms with Gasteiger partial charge < -0.3 is 9.84 Å². The topological polar surface area (TPSA) is 51.0 Å². The largest absolute Gasteiger partial charge is 0.339 e. The van der Waals surface area contributed by atoms with Gasteiger partial charge in [-0.1, -0.05) is 12.1 Å². The summed E-state index contributed by atoms with van der Waals surface area (Å²) in [6, 6.07) is 8.82. The van der Waals surface area contributed by atoms with Crippen molar-refractivity contribution in [3.63, 3.8) is 0 Å². The van der Waals surface area contributed by atoms with Crippen LogP contribution in [0.5, 0.6) is 0 Å². The Hall–Kier alpha value is -1.33. The zero-order valence-electron chi connectivity index (χ0n) is 11.6. The molecule has 0 amide bonds. The third-order valence-electron chi connectivity index (χ3n) is 3.48. The molecule has 1 saturated heterocycles. The van der Waals surface area contributed by atoms with Gasteiger partial charge in [-0.2, -0.15) is 4.98 Å². The van der Waals surface area contributed by atoms with Crippen molar-refractivity contribution in [3.8, 4) is 11.4 Å². The first-order valence-corrected chi connectivity index (χ1v) is 8.13. The molecule has 1 aromatic heterocycles. The van der Waals surface area contributed by atoms with Crippen molar-refractivity contribution in [2.75, 3.05) is 12.3 Å². The van der Waals surface area contributed by atoms with Gasteiger partial charge in [-0.15, -0.1) is 11.8 Å². The third kappa shape index (κ3) is 3.22. The van der Waals surface area contributed by atoms with Crippen LogP contribution >= 0.6 is 11.8 Å². The second-order valence-corrected chi connectivity index (χ2v) is 6.30. The fraction of sp³-hybridized carbons (Fsp3) is 0.467. The van der Waals surface area contributed by atoms with E-state index in [1.165, 1.54) is 17.7 Å². The molecule has 3 rings (SSSR count). The summed E-state index contributed by atoms with van der Waals surface area (Å²) >= 11 is 1.83. The van der Waals surface area contributed by atoms with Crippen LogP contribution in [-0.4, -0.2) is 28.5 Å². The van der Waals surface area contributed by atoms with Crippen LogP contribution in [-0.2, 0) is 6.42 Å². The van der Waals surface area contributed by atoms with Gasteiger partial charge in [0.2, 0.25) is 11.7 Å². The standard InChI is InChI=1S/C15H19N3OS/c1-2-20-13-7-5-11(6-8-13)15-17-14(19-18-15)10-12-4-3-9-16-12/h5-8,12,16H,2-4,9-10H2,1H3. The molecule has 4 nitrogen and oxygen atoms in total. The smallest absolute Gasteiger partial charge is 0.228 e. The Bertz CT molecular complexity index is 547. The van der Waals surface area contributed by atoms with Gasteiger partial charge in [-0.25, -0.2) is 0 Å². The number of rotatable bonds is 5. The minimum Gasteiger partial charge on any atom is -0.339 e. The minimum atomic E-state index is 0.492. The monoisotopic (exact) mass is 289 g/mol. The van der Waals surface area contributed by atoms with Crippen molar-refractivity contribution in [2.24, 2.45) is 0 Å². The third-order valence-corrected chi connectivity index (χ3v) is 4.37. The van der Waals surface area contributed by atoms with Crippen molar-refractivity contribution < 1.29 is 4.52 Å². The molecule has 0 aliphatic carbocycles. The maximum absolute atomic E-state index is 5.35. The average Bonchev–Trinajstić information content (AvgIpc) is 3.12. The zero-order chi connectivity index (χ0) is 13.8. The van der Waals surface area contributed by atoms with Crippen molar-refractivity contribution in [1.82, 2.24) is 15.5 Å². The maximum atomic E-state index is 5.35. The Kier molecular flexibility index (Phi) is 4.38. The maximum Gasteiger partial charge on any atom is 0.228 e. The van der Waals surface area contributed by atoms with Crippen molar-refractivity contribution in [1.29, 1.82) is 0 Å². The number of nitrogens with zero attached hydrogens (tertiary/aromatic N) is 2. The summed E-state index contributed by atoms with van der Waals surface area (Å²) in [6.45, 7) is 3.25. The van der Waals surface area contributed by atoms with Crippen molar-refractivity contribution in [3.05, 3.63) is 30.2 Å². The molecule has 106 valence electrons. The lowest BCUT2D eigenvalue weighted by atomic mass is 10.1. The highest BCUT2D eigenvalue weighted by Crippen LogP contribution is 2.22. The van der Waals surface area contributed by atoms with Gasteiger partial charge in [-0.3, -0.25) is 0 Å². The Balaban J connectivity index is 1.68. The molecule has 20 heavy (non-hydrogen) atoms. The molecule has 1 aliphatic rings. The molecule has 0 radical (unpaired) electrons. The summed E-state index contributed by atoms with van der Waals surface area (Å²) in [6.07, 6.45) is 3.26. The normalized spacial score (nSPS) is 18.6. The van der Waals surface area contributed by atoms with Gasteiger partial charge in [0.05, 0.1) is 0 Å². The van der Waals surface area contributed by atoms with Crippen molar-refractivity contribution in [2.45, 2.75) is 37.1 Å². The highest BCUT2D eigenvalue weighted by atomic mass is 32.2. The molecule has 1 unspecified atom stereocenters. The van der Waals surface area contributed by atoms with E-state index in [4.69, 9.17) is 4.52 Å². The molecule has 5 heteroatoms. The van der Waals surface area contributed by atoms with Crippen LogP contribution in [0.4, 0.5) is 0 Å². The minimum absolute atomic E-state index is 0.492. The van der Waals surface area contributed by atoms with Crippen LogP contribution in [0, 0.1) is 0 Å². The number of benzene rings is 1. The predicted molar refractivity (Wildman–Crippen MR) is 80.9 cm³/mol. The van der Waals surface area contributed by atoms with Crippen LogP contribution in [0.1, 0.15) is 25.7 Å². The van der Waals surface area contributed by atoms with Crippen LogP contribution < -0.4 is 5.32 Å². The van der Waals surface area contributed by atoms with E-state index in [2.05, 4.69) is 46.6 Å². The summed E-state index contributed by atoms with van der Waals surface area (Å²) in [5.41, 5.74) is 1.01. The Morgan fingerprint density at radius 1 is 1.35 bits per heavy atom. The molecule has 1 N–H and O–H groups in total. The lowest BCUT2D eigenvalue weighted by Crippen LogP contribution is -2.23. The highest BCUT2D eigenvalue weighted by molar-refractivity contribution is 7.99. The summed E-state index contributed by atoms with van der Waals surface area (Å²) in [4.78, 5) is 5.77. The number of nitrogens with one attached hydrogen (secondary N) is 1. The van der Waals surface area contributed by atoms with Crippen LogP contribution in [0.3, 0.4) is 0 Å². The predicted octanol–water partition coefficient (Wildman–Crippen LogP) is 3.14. The molecule has 1 fully saturated rings. The van der Waals surface area contributed by atoms with E-state index in [0.29, 0.717) is 11.9 Å². The first-order valence-electron chi connectivity index (χ1n) is 7.14. The van der Waals surface area contributed by atoms with E-state index >= 15 is 0 Å². The van der Waals surface area contributed by atoms with Crippen LogP contribution in [0.25, 0.3) is 11.4 Å². The Morgan fingerprint density at radius 2 is 2.20 bits per heavy atom. The molecule has 2 aromatic rings. The molecular formula is C15H19N3OS. The molecular weight excluding hydrogens is 270 g/mol. The van der Waals surface area contributed by atoms with Crippen LogP contribution in [0.15, 0.2) is 33.7 Å². The lowest BCUT2D eigenvalue weighted by molar-refractivity contribution is 0.364. The fourth-order valence-corrected chi connectivity index (χ4v) is 3.13. The second-order valence-electron chi connectivity index (χ2n) is 4.97. The van der Waals surface area contributed by atoms with E-state index < -0.39 is 0 Å². The molecule has 1 aromatic carbocycles. The van der Waals surface area contributed by atoms with E-state index in [1.807, 2.05) is 11.8 Å². The molecule has 0 bridgehead atoms. The van der Waals surface area contributed by atoms with Gasteiger partial charge in [0.25, 0.3) is 0 Å². The Morgan fingerprint density at radius 3 is 2.90 bits per heavy atom. The van der Waals surface area contributed by atoms with Gasteiger partial charge >= 0.3 is 0 Å². The van der Waals surface area contributed by atoms with E-state index in [1.54, 1.807) is 0 Å². The van der Waals surface area contributed by atoms with Gasteiger partial charge in [0.1, 0.15) is 0 Å². The van der Waals surface area contributed by atoms with Crippen molar-refractivity contribution >= 4 is 11.8 Å². The van der Waals surface area contributed by atoms with Gasteiger partial charge in [-0.05, 0) is 49.4 Å². The molecule has 0 spiro atoms. The van der Waals surface area contributed by atoms with Crippen LogP contribution in [0.2, 0.25) is 0 Å². The molecule has 0 saturated carbocycles. The molecule has 1 atom stereocenters. The number of hydrogen-bond donors (Lipinski definition) is 1. The lowest BCUT2D eigenvalue weighted by Gasteiger charge is -2.04. The van der Waals surface area contributed by atoms with E-state index in [-0.39, 0.29) is 0 Å². The van der Waals surface area contributed by atoms with E-state index in [9.17, 15) is 0 Å². The second kappa shape index (κ2) is 6.41. The average molecular weight is 289 g/mol. The molecule has 2 heterocycles. The number of thioether (sulfide) groups is 1. The quantitative estimate of drug-likeness (QED) is 0.857. The first-order chi connectivity index (χ1) is 9.85. The van der Waals surface area contributed by atoms with Gasteiger partial charge in [0, 0.05) is 22.9 Å².